The van der Waals surface area contributed by atoms with Crippen molar-refractivity contribution in [1.29, 1.82) is 0 Å². The fraction of sp³-hybridized carbons (Fsp3) is 0.409. The summed E-state index contributed by atoms with van der Waals surface area (Å²) in [7, 11) is 4.20. The number of carbonyl (C=O) groups excluding carboxylic acids is 2. The summed E-state index contributed by atoms with van der Waals surface area (Å²) in [4.78, 5) is 31.8. The molecule has 0 radical (unpaired) electrons. The molecule has 0 spiro atoms. The van der Waals surface area contributed by atoms with Crippen LogP contribution in [-0.4, -0.2) is 47.9 Å². The zero-order valence-corrected chi connectivity index (χ0v) is 19.5. The van der Waals surface area contributed by atoms with Gasteiger partial charge >= 0.3 is 0 Å². The molecule has 3 rings (SSSR count). The number of rotatable bonds is 6. The SMILES string of the molecule is CN(C)C1CCC(NC(=O)c2cccc(Br)c2CC(=O)Nc2ccc(Cl)cn2)CC1. The highest BCUT2D eigenvalue weighted by molar-refractivity contribution is 9.10. The molecule has 8 heteroatoms. The number of halogens is 2. The second kappa shape index (κ2) is 10.4. The Bertz CT molecular complexity index is 897. The molecule has 0 saturated heterocycles. The van der Waals surface area contributed by atoms with Gasteiger partial charge in [0, 0.05) is 28.3 Å². The zero-order valence-electron chi connectivity index (χ0n) is 17.1. The predicted molar refractivity (Wildman–Crippen MR) is 123 cm³/mol. The number of nitrogens with one attached hydrogen (secondary N) is 2. The molecule has 0 atom stereocenters. The van der Waals surface area contributed by atoms with Gasteiger partial charge < -0.3 is 15.5 Å². The van der Waals surface area contributed by atoms with Crippen LogP contribution in [0.15, 0.2) is 41.0 Å². The van der Waals surface area contributed by atoms with Crippen LogP contribution in [0.25, 0.3) is 0 Å². The van der Waals surface area contributed by atoms with Crippen LogP contribution in [0.5, 0.6) is 0 Å². The first-order valence-electron chi connectivity index (χ1n) is 9.99. The Morgan fingerprint density at radius 2 is 1.90 bits per heavy atom. The van der Waals surface area contributed by atoms with Crippen molar-refractivity contribution in [3.05, 3.63) is 57.2 Å². The van der Waals surface area contributed by atoms with Crippen molar-refractivity contribution in [3.63, 3.8) is 0 Å². The highest BCUT2D eigenvalue weighted by Crippen LogP contribution is 2.25. The average molecular weight is 494 g/mol. The van der Waals surface area contributed by atoms with Crippen molar-refractivity contribution in [3.8, 4) is 0 Å². The molecule has 6 nitrogen and oxygen atoms in total. The van der Waals surface area contributed by atoms with Gasteiger partial charge in [-0.2, -0.15) is 0 Å². The third-order valence-corrected chi connectivity index (χ3v) is 6.42. The number of anilines is 1. The molecule has 1 saturated carbocycles. The first-order valence-corrected chi connectivity index (χ1v) is 11.2. The monoisotopic (exact) mass is 492 g/mol. The van der Waals surface area contributed by atoms with E-state index >= 15 is 0 Å². The number of hydrogen-bond acceptors (Lipinski definition) is 4. The summed E-state index contributed by atoms with van der Waals surface area (Å²) in [5.41, 5.74) is 1.17. The molecular weight excluding hydrogens is 468 g/mol. The summed E-state index contributed by atoms with van der Waals surface area (Å²) in [6.45, 7) is 0. The van der Waals surface area contributed by atoms with Gasteiger partial charge in [-0.3, -0.25) is 9.59 Å². The van der Waals surface area contributed by atoms with E-state index in [0.29, 0.717) is 28.0 Å². The first kappa shape index (κ1) is 22.7. The minimum absolute atomic E-state index is 0.0574. The van der Waals surface area contributed by atoms with Crippen molar-refractivity contribution in [2.45, 2.75) is 44.2 Å². The predicted octanol–water partition coefficient (Wildman–Crippen LogP) is 4.28. The lowest BCUT2D eigenvalue weighted by Gasteiger charge is -2.33. The van der Waals surface area contributed by atoms with Gasteiger partial charge in [0.25, 0.3) is 5.91 Å². The number of benzene rings is 1. The zero-order chi connectivity index (χ0) is 21.7. The van der Waals surface area contributed by atoms with E-state index in [1.165, 1.54) is 6.20 Å². The number of pyridine rings is 1. The molecule has 0 bridgehead atoms. The van der Waals surface area contributed by atoms with Gasteiger partial charge in [-0.15, -0.1) is 0 Å². The van der Waals surface area contributed by atoms with Crippen LogP contribution >= 0.6 is 27.5 Å². The molecule has 1 heterocycles. The minimum Gasteiger partial charge on any atom is -0.349 e. The maximum absolute atomic E-state index is 13.0. The number of carbonyl (C=O) groups is 2. The molecule has 1 aliphatic rings. The van der Waals surface area contributed by atoms with Crippen LogP contribution < -0.4 is 10.6 Å². The molecule has 1 aromatic heterocycles. The second-order valence-corrected chi connectivity index (χ2v) is 9.09. The largest absolute Gasteiger partial charge is 0.349 e. The third kappa shape index (κ3) is 6.03. The molecule has 1 fully saturated rings. The van der Waals surface area contributed by atoms with Crippen LogP contribution in [0.4, 0.5) is 5.82 Å². The summed E-state index contributed by atoms with van der Waals surface area (Å²) in [6, 6.07) is 9.43. The van der Waals surface area contributed by atoms with Gasteiger partial charge in [-0.1, -0.05) is 33.6 Å². The lowest BCUT2D eigenvalue weighted by atomic mass is 9.90. The molecule has 160 valence electrons. The molecular formula is C22H26BrClN4O2. The van der Waals surface area contributed by atoms with E-state index in [-0.39, 0.29) is 24.3 Å². The smallest absolute Gasteiger partial charge is 0.251 e. The Kier molecular flexibility index (Phi) is 7.86. The Balaban J connectivity index is 1.66. The first-order chi connectivity index (χ1) is 14.3. The van der Waals surface area contributed by atoms with Gasteiger partial charge in [-0.05, 0) is 69.6 Å². The van der Waals surface area contributed by atoms with Crippen LogP contribution in [0.3, 0.4) is 0 Å². The van der Waals surface area contributed by atoms with E-state index in [2.05, 4.69) is 50.5 Å². The van der Waals surface area contributed by atoms with Crippen molar-refractivity contribution >= 4 is 45.2 Å². The Hall–Kier alpha value is -1.96. The van der Waals surface area contributed by atoms with E-state index in [9.17, 15) is 9.59 Å². The van der Waals surface area contributed by atoms with Gasteiger partial charge in [0.1, 0.15) is 5.82 Å². The maximum Gasteiger partial charge on any atom is 0.251 e. The van der Waals surface area contributed by atoms with Crippen molar-refractivity contribution in [2.24, 2.45) is 0 Å². The summed E-state index contributed by atoms with van der Waals surface area (Å²) in [6.07, 6.45) is 5.59. The molecule has 2 aromatic rings. The number of nitrogens with zero attached hydrogens (tertiary/aromatic N) is 2. The van der Waals surface area contributed by atoms with Crippen molar-refractivity contribution < 1.29 is 9.59 Å². The quantitative estimate of drug-likeness (QED) is 0.630. The summed E-state index contributed by atoms with van der Waals surface area (Å²) in [5.74, 6) is 0.0226. The highest BCUT2D eigenvalue weighted by atomic mass is 79.9. The fourth-order valence-corrected chi connectivity index (χ4v) is 4.37. The summed E-state index contributed by atoms with van der Waals surface area (Å²) < 4.78 is 0.727. The lowest BCUT2D eigenvalue weighted by molar-refractivity contribution is -0.115. The molecule has 30 heavy (non-hydrogen) atoms. The molecule has 1 aliphatic carbocycles. The fourth-order valence-electron chi connectivity index (χ4n) is 3.75. The standard InChI is InChI=1S/C22H26BrClN4O2/c1-28(2)16-9-7-15(8-10-16)26-22(30)17-4-3-5-19(23)18(17)12-21(29)27-20-11-6-14(24)13-25-20/h3-6,11,13,15-16H,7-10,12H2,1-2H3,(H,26,30)(H,25,27,29). The van der Waals surface area contributed by atoms with Crippen molar-refractivity contribution in [2.75, 3.05) is 19.4 Å². The van der Waals surface area contributed by atoms with Crippen molar-refractivity contribution in [1.82, 2.24) is 15.2 Å². The van der Waals surface area contributed by atoms with Crippen LogP contribution in [0.1, 0.15) is 41.6 Å². The van der Waals surface area contributed by atoms with Gasteiger partial charge in [0.15, 0.2) is 0 Å². The topological polar surface area (TPSA) is 74.3 Å². The number of aromatic nitrogens is 1. The van der Waals surface area contributed by atoms with Crippen LogP contribution in [0, 0.1) is 0 Å². The summed E-state index contributed by atoms with van der Waals surface area (Å²) >= 11 is 9.32. The normalized spacial score (nSPS) is 18.8. The van der Waals surface area contributed by atoms with Crippen LogP contribution in [0.2, 0.25) is 5.02 Å². The number of amides is 2. The Morgan fingerprint density at radius 3 is 2.53 bits per heavy atom. The molecule has 0 aliphatic heterocycles. The van der Waals surface area contributed by atoms with Gasteiger partial charge in [0.05, 0.1) is 11.4 Å². The van der Waals surface area contributed by atoms with E-state index in [4.69, 9.17) is 11.6 Å². The molecule has 0 unspecified atom stereocenters. The van der Waals surface area contributed by atoms with Gasteiger partial charge in [0.2, 0.25) is 5.91 Å². The maximum atomic E-state index is 13.0. The highest BCUT2D eigenvalue weighted by Gasteiger charge is 2.25. The van der Waals surface area contributed by atoms with E-state index in [1.807, 2.05) is 12.1 Å². The Labute approximate surface area is 190 Å². The van der Waals surface area contributed by atoms with E-state index in [1.54, 1.807) is 18.2 Å². The number of hydrogen-bond donors (Lipinski definition) is 2. The molecule has 2 amide bonds. The third-order valence-electron chi connectivity index (χ3n) is 5.46. The van der Waals surface area contributed by atoms with E-state index in [0.717, 1.165) is 30.2 Å². The van der Waals surface area contributed by atoms with E-state index < -0.39 is 0 Å². The van der Waals surface area contributed by atoms with Gasteiger partial charge in [-0.25, -0.2) is 4.98 Å². The molecule has 1 aromatic carbocycles. The van der Waals surface area contributed by atoms with Crippen LogP contribution in [-0.2, 0) is 11.2 Å². The minimum atomic E-state index is -0.253. The Morgan fingerprint density at radius 1 is 1.17 bits per heavy atom. The summed E-state index contributed by atoms with van der Waals surface area (Å²) in [5, 5.41) is 6.39. The second-order valence-electron chi connectivity index (χ2n) is 7.80. The lowest BCUT2D eigenvalue weighted by Crippen LogP contribution is -2.42. The molecule has 2 N–H and O–H groups in total. The average Bonchev–Trinajstić information content (AvgIpc) is 2.71.